The minimum Gasteiger partial charge on any atom is -0.497 e. The summed E-state index contributed by atoms with van der Waals surface area (Å²) in [7, 11) is 1.66. The molecular weight excluding hydrogens is 418 g/mol. The number of imidazole rings is 1. The molecule has 0 radical (unpaired) electrons. The molecule has 162 valence electrons. The topological polar surface area (TPSA) is 56.1 Å². The first-order valence-corrected chi connectivity index (χ1v) is 11.3. The van der Waals surface area contributed by atoms with E-state index in [2.05, 4.69) is 27.0 Å². The van der Waals surface area contributed by atoms with Gasteiger partial charge in [0.15, 0.2) is 5.16 Å². The van der Waals surface area contributed by atoms with Gasteiger partial charge in [0.2, 0.25) is 5.91 Å². The Balaban J connectivity index is 1.54. The first-order chi connectivity index (χ1) is 15.6. The SMILES string of the molecule is COc1ccc(-c2cnc(SCC(=O)Nc3ccc(C)cc3)n2Cc2ccccc2)cc1. The number of methoxy groups -OCH3 is 1. The van der Waals surface area contributed by atoms with E-state index in [-0.39, 0.29) is 11.7 Å². The Bertz CT molecular complexity index is 1170. The lowest BCUT2D eigenvalue weighted by Crippen LogP contribution is -2.14. The number of ether oxygens (including phenoxy) is 1. The van der Waals surface area contributed by atoms with Crippen LogP contribution in [0.4, 0.5) is 5.69 Å². The number of nitrogens with zero attached hydrogens (tertiary/aromatic N) is 2. The van der Waals surface area contributed by atoms with Gasteiger partial charge in [-0.1, -0.05) is 59.8 Å². The maximum absolute atomic E-state index is 12.5. The maximum atomic E-state index is 12.5. The predicted molar refractivity (Wildman–Crippen MR) is 130 cm³/mol. The second-order valence-electron chi connectivity index (χ2n) is 7.43. The van der Waals surface area contributed by atoms with Gasteiger partial charge in [-0.05, 0) is 48.9 Å². The number of benzene rings is 3. The summed E-state index contributed by atoms with van der Waals surface area (Å²) < 4.78 is 7.44. The van der Waals surface area contributed by atoms with E-state index < -0.39 is 0 Å². The monoisotopic (exact) mass is 443 g/mol. The van der Waals surface area contributed by atoms with Crippen LogP contribution < -0.4 is 10.1 Å². The van der Waals surface area contributed by atoms with E-state index >= 15 is 0 Å². The van der Waals surface area contributed by atoms with Crippen molar-refractivity contribution >= 4 is 23.4 Å². The zero-order chi connectivity index (χ0) is 22.3. The average molecular weight is 444 g/mol. The van der Waals surface area contributed by atoms with E-state index in [1.165, 1.54) is 17.3 Å². The Hall–Kier alpha value is -3.51. The van der Waals surface area contributed by atoms with Crippen LogP contribution in [0.3, 0.4) is 0 Å². The zero-order valence-corrected chi connectivity index (χ0v) is 18.9. The van der Waals surface area contributed by atoms with E-state index in [9.17, 15) is 4.79 Å². The first-order valence-electron chi connectivity index (χ1n) is 10.4. The Morgan fingerprint density at radius 2 is 1.72 bits per heavy atom. The Morgan fingerprint density at radius 3 is 2.41 bits per heavy atom. The van der Waals surface area contributed by atoms with Gasteiger partial charge in [0.25, 0.3) is 0 Å². The molecule has 0 saturated heterocycles. The fraction of sp³-hybridized carbons (Fsp3) is 0.154. The highest BCUT2D eigenvalue weighted by Crippen LogP contribution is 2.28. The molecule has 0 spiro atoms. The van der Waals surface area contributed by atoms with Gasteiger partial charge in [-0.25, -0.2) is 4.98 Å². The third-order valence-corrected chi connectivity index (χ3v) is 6.05. The molecule has 1 heterocycles. The molecule has 0 saturated carbocycles. The van der Waals surface area contributed by atoms with Crippen molar-refractivity contribution in [2.45, 2.75) is 18.6 Å². The molecule has 4 rings (SSSR count). The largest absolute Gasteiger partial charge is 0.497 e. The fourth-order valence-corrected chi connectivity index (χ4v) is 4.13. The number of nitrogens with one attached hydrogen (secondary N) is 1. The van der Waals surface area contributed by atoms with Crippen molar-refractivity contribution in [3.63, 3.8) is 0 Å². The molecule has 1 N–H and O–H groups in total. The van der Waals surface area contributed by atoms with Gasteiger partial charge in [-0.2, -0.15) is 0 Å². The van der Waals surface area contributed by atoms with Gasteiger partial charge < -0.3 is 14.6 Å². The Morgan fingerprint density at radius 1 is 1.00 bits per heavy atom. The molecule has 3 aromatic carbocycles. The summed E-state index contributed by atoms with van der Waals surface area (Å²) in [6.45, 7) is 2.69. The Labute approximate surface area is 192 Å². The van der Waals surface area contributed by atoms with E-state index in [4.69, 9.17) is 4.74 Å². The molecule has 6 heteroatoms. The van der Waals surface area contributed by atoms with Crippen LogP contribution in [0, 0.1) is 6.92 Å². The lowest BCUT2D eigenvalue weighted by Gasteiger charge is -2.13. The predicted octanol–water partition coefficient (Wildman–Crippen LogP) is 5.65. The standard InChI is InChI=1S/C26H25N3O2S/c1-19-8-12-22(13-9-19)28-25(30)18-32-26-27-16-24(21-10-14-23(31-2)15-11-21)29(26)17-20-6-4-3-5-7-20/h3-16H,17-18H2,1-2H3,(H,28,30). The molecule has 0 fully saturated rings. The number of carbonyl (C=O) groups is 1. The molecule has 0 bridgehead atoms. The zero-order valence-electron chi connectivity index (χ0n) is 18.1. The van der Waals surface area contributed by atoms with Crippen molar-refractivity contribution in [2.24, 2.45) is 0 Å². The van der Waals surface area contributed by atoms with E-state index in [0.29, 0.717) is 6.54 Å². The molecular formula is C26H25N3O2S. The van der Waals surface area contributed by atoms with Gasteiger partial charge in [-0.15, -0.1) is 0 Å². The summed E-state index contributed by atoms with van der Waals surface area (Å²) in [6.07, 6.45) is 1.87. The minimum absolute atomic E-state index is 0.0564. The van der Waals surface area contributed by atoms with Crippen molar-refractivity contribution in [3.8, 4) is 17.0 Å². The second kappa shape index (κ2) is 10.2. The van der Waals surface area contributed by atoms with Crippen LogP contribution in [0.15, 0.2) is 90.2 Å². The van der Waals surface area contributed by atoms with Crippen LogP contribution in [0.2, 0.25) is 0 Å². The van der Waals surface area contributed by atoms with Gasteiger partial charge in [0, 0.05) is 11.3 Å². The fourth-order valence-electron chi connectivity index (χ4n) is 3.35. The summed E-state index contributed by atoms with van der Waals surface area (Å²) in [6, 6.07) is 26.0. The molecule has 0 aliphatic carbocycles. The molecule has 0 aliphatic heterocycles. The van der Waals surface area contributed by atoms with Crippen molar-refractivity contribution < 1.29 is 9.53 Å². The molecule has 0 unspecified atom stereocenters. The van der Waals surface area contributed by atoms with Crippen LogP contribution in [-0.4, -0.2) is 28.3 Å². The van der Waals surface area contributed by atoms with Crippen molar-refractivity contribution in [1.82, 2.24) is 9.55 Å². The van der Waals surface area contributed by atoms with Crippen LogP contribution in [-0.2, 0) is 11.3 Å². The number of anilines is 1. The lowest BCUT2D eigenvalue weighted by molar-refractivity contribution is -0.113. The molecule has 5 nitrogen and oxygen atoms in total. The quantitative estimate of drug-likeness (QED) is 0.358. The number of aromatic nitrogens is 2. The van der Waals surface area contributed by atoms with E-state index in [1.807, 2.05) is 79.9 Å². The summed E-state index contributed by atoms with van der Waals surface area (Å²) in [5.41, 5.74) is 5.17. The number of aryl methyl sites for hydroxylation is 1. The summed E-state index contributed by atoms with van der Waals surface area (Å²) >= 11 is 1.44. The van der Waals surface area contributed by atoms with Gasteiger partial charge in [0.05, 0.1) is 31.3 Å². The number of hydrogen-bond acceptors (Lipinski definition) is 4. The maximum Gasteiger partial charge on any atom is 0.234 e. The van der Waals surface area contributed by atoms with E-state index in [1.54, 1.807) is 7.11 Å². The Kier molecular flexibility index (Phi) is 6.92. The summed E-state index contributed by atoms with van der Waals surface area (Å²) in [5, 5.41) is 3.75. The lowest BCUT2D eigenvalue weighted by atomic mass is 10.1. The molecule has 1 aromatic heterocycles. The highest BCUT2D eigenvalue weighted by molar-refractivity contribution is 7.99. The van der Waals surface area contributed by atoms with Gasteiger partial charge in [-0.3, -0.25) is 4.79 Å². The van der Waals surface area contributed by atoms with Crippen LogP contribution >= 0.6 is 11.8 Å². The molecule has 0 atom stereocenters. The third-order valence-electron chi connectivity index (χ3n) is 5.06. The third kappa shape index (κ3) is 5.39. The van der Waals surface area contributed by atoms with Gasteiger partial charge in [0.1, 0.15) is 5.75 Å². The average Bonchev–Trinajstić information content (AvgIpc) is 3.22. The normalized spacial score (nSPS) is 10.7. The van der Waals surface area contributed by atoms with Crippen LogP contribution in [0.5, 0.6) is 5.75 Å². The van der Waals surface area contributed by atoms with Crippen LogP contribution in [0.1, 0.15) is 11.1 Å². The number of hydrogen-bond donors (Lipinski definition) is 1. The smallest absolute Gasteiger partial charge is 0.234 e. The number of thioether (sulfide) groups is 1. The second-order valence-corrected chi connectivity index (χ2v) is 8.37. The number of rotatable bonds is 8. The molecule has 0 aliphatic rings. The van der Waals surface area contributed by atoms with Crippen molar-refractivity contribution in [2.75, 3.05) is 18.2 Å². The van der Waals surface area contributed by atoms with E-state index in [0.717, 1.165) is 33.4 Å². The molecule has 1 amide bonds. The first kappa shape index (κ1) is 21.7. The summed E-state index contributed by atoms with van der Waals surface area (Å²) in [5.74, 6) is 1.03. The molecule has 4 aromatic rings. The molecule has 32 heavy (non-hydrogen) atoms. The van der Waals surface area contributed by atoms with Gasteiger partial charge >= 0.3 is 0 Å². The minimum atomic E-state index is -0.0564. The number of amides is 1. The van der Waals surface area contributed by atoms with Crippen molar-refractivity contribution in [1.29, 1.82) is 0 Å². The number of carbonyl (C=O) groups excluding carboxylic acids is 1. The summed E-state index contributed by atoms with van der Waals surface area (Å²) in [4.78, 5) is 17.1. The van der Waals surface area contributed by atoms with Crippen LogP contribution in [0.25, 0.3) is 11.3 Å². The highest BCUT2D eigenvalue weighted by Gasteiger charge is 2.15. The van der Waals surface area contributed by atoms with Crippen molar-refractivity contribution in [3.05, 3.63) is 96.2 Å². The highest BCUT2D eigenvalue weighted by atomic mass is 32.2.